The fourth-order valence-corrected chi connectivity index (χ4v) is 4.36. The molecule has 214 valence electrons. The third-order valence-corrected chi connectivity index (χ3v) is 6.39. The minimum absolute atomic E-state index is 0.0585. The number of amides is 3. The summed E-state index contributed by atoms with van der Waals surface area (Å²) in [4.78, 5) is 42.4. The van der Waals surface area contributed by atoms with Gasteiger partial charge in [0.1, 0.15) is 23.4 Å². The first-order valence-corrected chi connectivity index (χ1v) is 13.7. The van der Waals surface area contributed by atoms with Gasteiger partial charge in [-0.05, 0) is 75.8 Å². The van der Waals surface area contributed by atoms with E-state index in [2.05, 4.69) is 17.6 Å². The summed E-state index contributed by atoms with van der Waals surface area (Å²) in [5.41, 5.74) is 2.34. The summed E-state index contributed by atoms with van der Waals surface area (Å²) in [5, 5.41) is 15.7. The van der Waals surface area contributed by atoms with Crippen LogP contribution in [-0.4, -0.2) is 46.1 Å². The maximum absolute atomic E-state index is 14.2. The van der Waals surface area contributed by atoms with Gasteiger partial charge in [0.05, 0.1) is 0 Å². The van der Waals surface area contributed by atoms with Crippen LogP contribution < -0.4 is 10.6 Å². The van der Waals surface area contributed by atoms with Crippen LogP contribution in [0.5, 0.6) is 5.75 Å². The number of hydrogen-bond acceptors (Lipinski definition) is 5. The number of benzene rings is 2. The van der Waals surface area contributed by atoms with Crippen molar-refractivity contribution in [2.45, 2.75) is 92.3 Å². The molecule has 0 bridgehead atoms. The predicted molar refractivity (Wildman–Crippen MR) is 155 cm³/mol. The first-order chi connectivity index (χ1) is 18.2. The van der Waals surface area contributed by atoms with Crippen molar-refractivity contribution in [1.82, 2.24) is 10.2 Å². The number of ether oxygens (including phenoxy) is 1. The quantitative estimate of drug-likeness (QED) is 0.292. The van der Waals surface area contributed by atoms with Crippen LogP contribution in [0.25, 0.3) is 0 Å². The molecular formula is C31H45N3O5. The van der Waals surface area contributed by atoms with E-state index < -0.39 is 23.8 Å². The molecule has 0 radical (unpaired) electrons. The molecule has 3 N–H and O–H groups in total. The Morgan fingerprint density at radius 1 is 0.974 bits per heavy atom. The fourth-order valence-electron chi connectivity index (χ4n) is 4.36. The van der Waals surface area contributed by atoms with Crippen molar-refractivity contribution < 1.29 is 24.2 Å². The monoisotopic (exact) mass is 539 g/mol. The van der Waals surface area contributed by atoms with Crippen LogP contribution in [0, 0.1) is 19.8 Å². The van der Waals surface area contributed by atoms with E-state index in [1.807, 2.05) is 45.9 Å². The molecule has 0 heterocycles. The number of unbranched alkanes of at least 4 members (excludes halogenated alkanes) is 2. The average molecular weight is 540 g/mol. The van der Waals surface area contributed by atoms with Gasteiger partial charge in [-0.2, -0.15) is 0 Å². The molecule has 2 atom stereocenters. The summed E-state index contributed by atoms with van der Waals surface area (Å²) in [5.74, 6) is -0.951. The van der Waals surface area contributed by atoms with Crippen LogP contribution in [0.15, 0.2) is 42.5 Å². The lowest BCUT2D eigenvalue weighted by Crippen LogP contribution is -2.54. The first kappa shape index (κ1) is 31.7. The summed E-state index contributed by atoms with van der Waals surface area (Å²) >= 11 is 0. The number of aryl methyl sites for hydroxylation is 2. The Hall–Kier alpha value is -3.55. The lowest BCUT2D eigenvalue weighted by molar-refractivity contribution is -0.141. The highest BCUT2D eigenvalue weighted by Crippen LogP contribution is 2.29. The van der Waals surface area contributed by atoms with E-state index in [0.717, 1.165) is 24.0 Å². The van der Waals surface area contributed by atoms with Crippen molar-refractivity contribution in [2.75, 3.05) is 11.9 Å². The third-order valence-electron chi connectivity index (χ3n) is 6.39. The van der Waals surface area contributed by atoms with E-state index >= 15 is 0 Å². The number of anilines is 1. The second-order valence-electron chi connectivity index (χ2n) is 11.4. The maximum atomic E-state index is 14.2. The minimum atomic E-state index is -0.990. The van der Waals surface area contributed by atoms with Crippen LogP contribution in [0.4, 0.5) is 10.5 Å². The van der Waals surface area contributed by atoms with Gasteiger partial charge in [-0.1, -0.05) is 63.9 Å². The number of phenols is 1. The number of nitrogens with one attached hydrogen (secondary N) is 2. The predicted octanol–water partition coefficient (Wildman–Crippen LogP) is 6.26. The topological polar surface area (TPSA) is 108 Å². The van der Waals surface area contributed by atoms with Crippen LogP contribution in [-0.2, 0) is 14.3 Å². The number of aromatic hydroxyl groups is 1. The highest BCUT2D eigenvalue weighted by molar-refractivity contribution is 6.00. The highest BCUT2D eigenvalue weighted by Gasteiger charge is 2.37. The molecule has 2 unspecified atom stereocenters. The van der Waals surface area contributed by atoms with Crippen molar-refractivity contribution in [3.8, 4) is 5.75 Å². The van der Waals surface area contributed by atoms with E-state index in [1.54, 1.807) is 37.8 Å². The van der Waals surface area contributed by atoms with Gasteiger partial charge in [0.25, 0.3) is 5.91 Å². The van der Waals surface area contributed by atoms with Gasteiger partial charge in [-0.25, -0.2) is 4.79 Å². The Balaban J connectivity index is 2.55. The van der Waals surface area contributed by atoms with Crippen LogP contribution >= 0.6 is 0 Å². The van der Waals surface area contributed by atoms with Crippen LogP contribution in [0.1, 0.15) is 83.5 Å². The lowest BCUT2D eigenvalue weighted by atomic mass is 9.98. The number of carbonyl (C=O) groups excluding carboxylic acids is 3. The number of rotatable bonds is 11. The molecular weight excluding hydrogens is 494 g/mol. The normalized spacial score (nSPS) is 12.9. The van der Waals surface area contributed by atoms with Crippen molar-refractivity contribution in [3.63, 3.8) is 0 Å². The van der Waals surface area contributed by atoms with E-state index in [1.165, 1.54) is 12.1 Å². The van der Waals surface area contributed by atoms with Crippen LogP contribution in [0.2, 0.25) is 0 Å². The molecule has 0 aliphatic carbocycles. The Kier molecular flexibility index (Phi) is 11.4. The zero-order valence-electron chi connectivity index (χ0n) is 24.6. The number of phenolic OH excluding ortho intramolecular Hbond substituents is 1. The van der Waals surface area contributed by atoms with E-state index in [-0.39, 0.29) is 23.5 Å². The molecule has 3 amide bonds. The number of hydrogen-bond donors (Lipinski definition) is 3. The minimum Gasteiger partial charge on any atom is -0.508 e. The van der Waals surface area contributed by atoms with E-state index in [9.17, 15) is 19.5 Å². The summed E-state index contributed by atoms with van der Waals surface area (Å²) in [6.07, 6.45) is 1.80. The molecule has 2 aromatic carbocycles. The lowest BCUT2D eigenvalue weighted by Gasteiger charge is -2.36. The molecule has 0 aliphatic heterocycles. The zero-order chi connectivity index (χ0) is 29.3. The summed E-state index contributed by atoms with van der Waals surface area (Å²) in [7, 11) is 0. The van der Waals surface area contributed by atoms with Crippen molar-refractivity contribution in [1.29, 1.82) is 0 Å². The molecule has 2 rings (SSSR count). The Labute approximate surface area is 233 Å². The average Bonchev–Trinajstić information content (AvgIpc) is 2.83. The molecule has 0 saturated heterocycles. The molecule has 0 aromatic heterocycles. The summed E-state index contributed by atoms with van der Waals surface area (Å²) < 4.78 is 5.43. The SMILES string of the molecule is CCCCCN(C(=O)C(NC(=O)OC(C)(C)C)C(C)C)C(C(=O)Nc1c(C)cccc1C)c1ccc(O)cc1. The van der Waals surface area contributed by atoms with Crippen molar-refractivity contribution in [2.24, 2.45) is 5.92 Å². The standard InChI is InChI=1S/C31H45N3O5/c1-9-10-11-19-34(29(37)25(20(2)3)33-30(38)39-31(6,7)8)27(23-15-17-24(35)18-16-23)28(36)32-26-21(4)13-12-14-22(26)5/h12-18,20,25,27,35H,9-11,19H2,1-8H3,(H,32,36)(H,33,38). The van der Waals surface area contributed by atoms with Gasteiger partial charge in [0, 0.05) is 12.2 Å². The smallest absolute Gasteiger partial charge is 0.408 e. The third kappa shape index (κ3) is 9.30. The van der Waals surface area contributed by atoms with Gasteiger partial charge < -0.3 is 25.4 Å². The Morgan fingerprint density at radius 3 is 2.08 bits per heavy atom. The van der Waals surface area contributed by atoms with Gasteiger partial charge in [-0.3, -0.25) is 9.59 Å². The van der Waals surface area contributed by atoms with Gasteiger partial charge >= 0.3 is 6.09 Å². The first-order valence-electron chi connectivity index (χ1n) is 13.7. The second kappa shape index (κ2) is 14.0. The summed E-state index contributed by atoms with van der Waals surface area (Å²) in [6, 6.07) is 10.2. The zero-order valence-corrected chi connectivity index (χ0v) is 24.6. The largest absolute Gasteiger partial charge is 0.508 e. The Morgan fingerprint density at radius 2 is 1.56 bits per heavy atom. The highest BCUT2D eigenvalue weighted by atomic mass is 16.6. The second-order valence-corrected chi connectivity index (χ2v) is 11.4. The van der Waals surface area contributed by atoms with Gasteiger partial charge in [-0.15, -0.1) is 0 Å². The number of nitrogens with zero attached hydrogens (tertiary/aromatic N) is 1. The number of alkyl carbamates (subject to hydrolysis) is 1. The molecule has 2 aromatic rings. The summed E-state index contributed by atoms with van der Waals surface area (Å²) in [6.45, 7) is 15.2. The van der Waals surface area contributed by atoms with Crippen molar-refractivity contribution in [3.05, 3.63) is 59.2 Å². The molecule has 8 heteroatoms. The van der Waals surface area contributed by atoms with Gasteiger partial charge in [0.15, 0.2) is 0 Å². The van der Waals surface area contributed by atoms with Gasteiger partial charge in [0.2, 0.25) is 5.91 Å². The molecule has 39 heavy (non-hydrogen) atoms. The van der Waals surface area contributed by atoms with Crippen molar-refractivity contribution >= 4 is 23.6 Å². The molecule has 0 spiro atoms. The number of carbonyl (C=O) groups is 3. The number of para-hydroxylation sites is 1. The molecule has 0 fully saturated rings. The molecule has 0 saturated carbocycles. The van der Waals surface area contributed by atoms with E-state index in [0.29, 0.717) is 24.2 Å². The molecule has 0 aliphatic rings. The fraction of sp³-hybridized carbons (Fsp3) is 0.516. The molecule has 8 nitrogen and oxygen atoms in total. The van der Waals surface area contributed by atoms with Crippen LogP contribution in [0.3, 0.4) is 0 Å². The maximum Gasteiger partial charge on any atom is 0.408 e. The van der Waals surface area contributed by atoms with E-state index in [4.69, 9.17) is 4.74 Å². The Bertz CT molecular complexity index is 1100.